The van der Waals surface area contributed by atoms with Crippen molar-refractivity contribution in [1.29, 1.82) is 0 Å². The maximum atomic E-state index is 11.9. The van der Waals surface area contributed by atoms with Gasteiger partial charge in [-0.15, -0.1) is 0 Å². The quantitative estimate of drug-likeness (QED) is 0.399. The van der Waals surface area contributed by atoms with Crippen molar-refractivity contribution in [3.05, 3.63) is 52.5 Å². The molecule has 0 aliphatic rings. The Bertz CT molecular complexity index is 809. The zero-order valence-corrected chi connectivity index (χ0v) is 16.4. The van der Waals surface area contributed by atoms with Crippen molar-refractivity contribution in [1.82, 2.24) is 5.43 Å². The minimum atomic E-state index is -0.185. The lowest BCUT2D eigenvalue weighted by atomic mass is 10.2. The Hall–Kier alpha value is -2.73. The number of halogens is 1. The molecule has 0 spiro atoms. The number of carbonyl (C=O) groups excluding carboxylic acids is 1. The first-order chi connectivity index (χ1) is 13.0. The summed E-state index contributed by atoms with van der Waals surface area (Å²) in [5.41, 5.74) is 4.20. The fourth-order valence-electron chi connectivity index (χ4n) is 2.34. The van der Waals surface area contributed by atoms with Crippen molar-refractivity contribution >= 4 is 23.7 Å². The molecule has 0 aliphatic heterocycles. The Balaban J connectivity index is 1.75. The lowest BCUT2D eigenvalue weighted by Crippen LogP contribution is -2.18. The molecule has 0 atom stereocenters. The van der Waals surface area contributed by atoms with Gasteiger partial charge in [0.25, 0.3) is 0 Å². The number of rotatable bonds is 9. The molecule has 0 bridgehead atoms. The molecule has 0 aliphatic carbocycles. The lowest BCUT2D eigenvalue weighted by molar-refractivity contribution is -0.121. The summed E-state index contributed by atoms with van der Waals surface area (Å²) in [4.78, 5) is 11.9. The Morgan fingerprint density at radius 2 is 1.96 bits per heavy atom. The summed E-state index contributed by atoms with van der Waals surface area (Å²) in [6.45, 7) is 2.36. The number of benzene rings is 2. The van der Waals surface area contributed by atoms with Crippen LogP contribution in [0.5, 0.6) is 17.2 Å². The van der Waals surface area contributed by atoms with E-state index in [1.165, 1.54) is 6.21 Å². The van der Waals surface area contributed by atoms with Crippen LogP contribution < -0.4 is 19.6 Å². The van der Waals surface area contributed by atoms with Crippen LogP contribution >= 0.6 is 11.6 Å². The van der Waals surface area contributed by atoms with Gasteiger partial charge in [0.05, 0.1) is 27.0 Å². The van der Waals surface area contributed by atoms with E-state index in [2.05, 4.69) is 10.5 Å². The molecule has 2 aromatic rings. The van der Waals surface area contributed by atoms with Crippen molar-refractivity contribution in [2.45, 2.75) is 19.8 Å². The third kappa shape index (κ3) is 6.49. The number of nitrogens with zero attached hydrogens (tertiary/aromatic N) is 1. The van der Waals surface area contributed by atoms with Crippen LogP contribution in [0.3, 0.4) is 0 Å². The number of nitrogens with one attached hydrogen (secondary N) is 1. The van der Waals surface area contributed by atoms with E-state index in [1.54, 1.807) is 38.5 Å². The molecule has 0 saturated carbocycles. The fourth-order valence-corrected chi connectivity index (χ4v) is 2.57. The van der Waals surface area contributed by atoms with Gasteiger partial charge < -0.3 is 14.2 Å². The minimum absolute atomic E-state index is 0.185. The molecule has 2 rings (SSSR count). The van der Waals surface area contributed by atoms with Crippen LogP contribution in [0.15, 0.2) is 41.5 Å². The van der Waals surface area contributed by atoms with Crippen molar-refractivity contribution in [2.75, 3.05) is 20.8 Å². The first-order valence-corrected chi connectivity index (χ1v) is 8.84. The predicted octanol–water partition coefficient (Wildman–Crippen LogP) is 3.97. The summed E-state index contributed by atoms with van der Waals surface area (Å²) < 4.78 is 16.1. The number of amides is 1. The average Bonchev–Trinajstić information content (AvgIpc) is 2.66. The van der Waals surface area contributed by atoms with Gasteiger partial charge in [-0.2, -0.15) is 5.10 Å². The summed E-state index contributed by atoms with van der Waals surface area (Å²) in [6, 6.07) is 10.8. The molecule has 144 valence electrons. The minimum Gasteiger partial charge on any atom is -0.497 e. The summed E-state index contributed by atoms with van der Waals surface area (Å²) in [5.74, 6) is 1.88. The maximum absolute atomic E-state index is 11.9. The number of hydrazone groups is 1. The first kappa shape index (κ1) is 20.6. The summed E-state index contributed by atoms with van der Waals surface area (Å²) in [7, 11) is 3.15. The summed E-state index contributed by atoms with van der Waals surface area (Å²) in [5, 5.41) is 4.64. The second-order valence-electron chi connectivity index (χ2n) is 5.76. The van der Waals surface area contributed by atoms with Gasteiger partial charge >= 0.3 is 0 Å². The highest BCUT2D eigenvalue weighted by atomic mass is 35.5. The Labute approximate surface area is 164 Å². The number of methoxy groups -OCH3 is 2. The molecular weight excluding hydrogens is 368 g/mol. The van der Waals surface area contributed by atoms with Gasteiger partial charge in [0, 0.05) is 23.1 Å². The standard InChI is InChI=1S/C20H23ClN2O4/c1-14-11-16(21)7-9-18(14)27-10-4-5-20(24)23-22-13-15-6-8-17(25-2)12-19(15)26-3/h6-9,11-13H,4-5,10H2,1-3H3,(H,23,24). The van der Waals surface area contributed by atoms with Crippen LogP contribution in [0.2, 0.25) is 5.02 Å². The molecule has 1 amide bonds. The number of aryl methyl sites for hydroxylation is 1. The van der Waals surface area contributed by atoms with Crippen LogP contribution in [-0.4, -0.2) is 32.9 Å². The smallest absolute Gasteiger partial charge is 0.240 e. The highest BCUT2D eigenvalue weighted by Crippen LogP contribution is 2.23. The highest BCUT2D eigenvalue weighted by molar-refractivity contribution is 6.30. The van der Waals surface area contributed by atoms with Gasteiger partial charge in [0.15, 0.2) is 0 Å². The zero-order valence-electron chi connectivity index (χ0n) is 15.6. The Morgan fingerprint density at radius 1 is 1.15 bits per heavy atom. The predicted molar refractivity (Wildman–Crippen MR) is 106 cm³/mol. The monoisotopic (exact) mass is 390 g/mol. The maximum Gasteiger partial charge on any atom is 0.240 e. The number of carbonyl (C=O) groups is 1. The molecule has 0 unspecified atom stereocenters. The molecule has 2 aromatic carbocycles. The van der Waals surface area contributed by atoms with Gasteiger partial charge in [-0.3, -0.25) is 4.79 Å². The van der Waals surface area contributed by atoms with Crippen LogP contribution in [0.1, 0.15) is 24.0 Å². The average molecular weight is 391 g/mol. The number of hydrogen-bond donors (Lipinski definition) is 1. The van der Waals surface area contributed by atoms with Crippen molar-refractivity contribution < 1.29 is 19.0 Å². The molecular formula is C20H23ClN2O4. The molecule has 1 N–H and O–H groups in total. The van der Waals surface area contributed by atoms with E-state index in [0.29, 0.717) is 36.0 Å². The van der Waals surface area contributed by atoms with Gasteiger partial charge in [0.2, 0.25) is 5.91 Å². The Kier molecular flexibility index (Phi) is 7.95. The molecule has 0 saturated heterocycles. The van der Waals surface area contributed by atoms with Crippen LogP contribution in [0, 0.1) is 6.92 Å². The second-order valence-corrected chi connectivity index (χ2v) is 6.20. The van der Waals surface area contributed by atoms with Gasteiger partial charge in [-0.1, -0.05) is 11.6 Å². The molecule has 0 aromatic heterocycles. The molecule has 6 nitrogen and oxygen atoms in total. The molecule has 7 heteroatoms. The first-order valence-electron chi connectivity index (χ1n) is 8.46. The van der Waals surface area contributed by atoms with E-state index >= 15 is 0 Å². The van der Waals surface area contributed by atoms with E-state index in [4.69, 9.17) is 25.8 Å². The van der Waals surface area contributed by atoms with E-state index in [1.807, 2.05) is 19.1 Å². The second kappa shape index (κ2) is 10.4. The molecule has 0 fully saturated rings. The van der Waals surface area contributed by atoms with E-state index in [0.717, 1.165) is 16.9 Å². The van der Waals surface area contributed by atoms with Gasteiger partial charge in [0.1, 0.15) is 17.2 Å². The number of hydrogen-bond acceptors (Lipinski definition) is 5. The largest absolute Gasteiger partial charge is 0.497 e. The third-order valence-corrected chi connectivity index (χ3v) is 4.01. The Morgan fingerprint density at radius 3 is 2.67 bits per heavy atom. The number of ether oxygens (including phenoxy) is 3. The normalized spacial score (nSPS) is 10.7. The SMILES string of the molecule is COc1ccc(C=NNC(=O)CCCOc2ccc(Cl)cc2C)c(OC)c1. The fraction of sp³-hybridized carbons (Fsp3) is 0.300. The van der Waals surface area contributed by atoms with Crippen LogP contribution in [0.25, 0.3) is 0 Å². The summed E-state index contributed by atoms with van der Waals surface area (Å²) >= 11 is 5.91. The van der Waals surface area contributed by atoms with E-state index < -0.39 is 0 Å². The molecule has 27 heavy (non-hydrogen) atoms. The highest BCUT2D eigenvalue weighted by Gasteiger charge is 2.05. The van der Waals surface area contributed by atoms with Crippen LogP contribution in [-0.2, 0) is 4.79 Å². The van der Waals surface area contributed by atoms with E-state index in [9.17, 15) is 4.79 Å². The third-order valence-electron chi connectivity index (χ3n) is 3.78. The van der Waals surface area contributed by atoms with Crippen molar-refractivity contribution in [3.8, 4) is 17.2 Å². The van der Waals surface area contributed by atoms with Crippen LogP contribution in [0.4, 0.5) is 0 Å². The van der Waals surface area contributed by atoms with Crippen molar-refractivity contribution in [3.63, 3.8) is 0 Å². The van der Waals surface area contributed by atoms with E-state index in [-0.39, 0.29) is 5.91 Å². The molecule has 0 heterocycles. The summed E-state index contributed by atoms with van der Waals surface area (Å²) in [6.07, 6.45) is 2.42. The zero-order chi connectivity index (χ0) is 19.6. The van der Waals surface area contributed by atoms with Gasteiger partial charge in [-0.25, -0.2) is 5.43 Å². The topological polar surface area (TPSA) is 69.2 Å². The van der Waals surface area contributed by atoms with Crippen molar-refractivity contribution in [2.24, 2.45) is 5.10 Å². The molecule has 0 radical (unpaired) electrons. The van der Waals surface area contributed by atoms with Gasteiger partial charge in [-0.05, 0) is 49.2 Å². The lowest BCUT2D eigenvalue weighted by Gasteiger charge is -2.09.